The van der Waals surface area contributed by atoms with Crippen molar-refractivity contribution in [2.24, 2.45) is 11.8 Å². The summed E-state index contributed by atoms with van der Waals surface area (Å²) in [6, 6.07) is 1.65. The van der Waals surface area contributed by atoms with Gasteiger partial charge in [0.25, 0.3) is 5.56 Å². The van der Waals surface area contributed by atoms with Crippen LogP contribution in [-0.2, 0) is 16.1 Å². The van der Waals surface area contributed by atoms with Gasteiger partial charge in [-0.3, -0.25) is 14.5 Å². The van der Waals surface area contributed by atoms with Crippen LogP contribution < -0.4 is 5.56 Å². The summed E-state index contributed by atoms with van der Waals surface area (Å²) in [5, 5.41) is 9.99. The summed E-state index contributed by atoms with van der Waals surface area (Å²) in [5.74, 6) is -1.76. The Balaban J connectivity index is 1.77. The number of aromatic nitrogens is 3. The Bertz CT molecular complexity index is 1030. The number of hydrogen-bond acceptors (Lipinski definition) is 7. The minimum Gasteiger partial charge on any atom is -0.468 e. The standard InChI is InChI=1S/C20H21F3N4O4/c1-31-19(30)17-14(9-28)13-8-27-15(16(13)26(17)5-4-20(21,22)23)3-2-12(18(27)29)11-6-24-10-25-7-11/h2-3,6-7,10,13-14,16-17,28H,4-5,8-9H2,1H3/t13-,14-,16+,17-/m1/s1. The predicted octanol–water partition coefficient (Wildman–Crippen LogP) is 1.39. The fraction of sp³-hybridized carbons (Fsp3) is 0.500. The third-order valence-corrected chi connectivity index (χ3v) is 6.16. The van der Waals surface area contributed by atoms with E-state index >= 15 is 0 Å². The lowest BCUT2D eigenvalue weighted by Crippen LogP contribution is -2.44. The van der Waals surface area contributed by atoms with E-state index in [1.807, 2.05) is 0 Å². The normalized spacial score (nSPS) is 25.3. The predicted molar refractivity (Wildman–Crippen MR) is 102 cm³/mol. The van der Waals surface area contributed by atoms with E-state index in [4.69, 9.17) is 4.74 Å². The number of rotatable bonds is 5. The molecule has 4 rings (SSSR count). The number of esters is 1. The molecule has 1 N–H and O–H groups in total. The molecule has 166 valence electrons. The van der Waals surface area contributed by atoms with Crippen LogP contribution in [0.1, 0.15) is 18.2 Å². The maximum Gasteiger partial charge on any atom is 0.390 e. The summed E-state index contributed by atoms with van der Waals surface area (Å²) in [5.41, 5.74) is 1.10. The van der Waals surface area contributed by atoms with Gasteiger partial charge in [0.2, 0.25) is 0 Å². The molecule has 0 saturated carbocycles. The number of nitrogens with zero attached hydrogens (tertiary/aromatic N) is 4. The van der Waals surface area contributed by atoms with Gasteiger partial charge in [0.05, 0.1) is 25.1 Å². The van der Waals surface area contributed by atoms with Gasteiger partial charge >= 0.3 is 12.1 Å². The lowest BCUT2D eigenvalue weighted by Gasteiger charge is -2.30. The van der Waals surface area contributed by atoms with Crippen molar-refractivity contribution >= 4 is 5.97 Å². The van der Waals surface area contributed by atoms with E-state index in [0.29, 0.717) is 16.8 Å². The Labute approximate surface area is 175 Å². The fourth-order valence-electron chi connectivity index (χ4n) is 4.87. The molecular formula is C20H21F3N4O4. The van der Waals surface area contributed by atoms with Crippen LogP contribution in [0.3, 0.4) is 0 Å². The van der Waals surface area contributed by atoms with E-state index in [-0.39, 0.29) is 12.1 Å². The highest BCUT2D eigenvalue weighted by Crippen LogP contribution is 2.49. The number of likely N-dealkylation sites (tertiary alicyclic amines) is 1. The monoisotopic (exact) mass is 438 g/mol. The van der Waals surface area contributed by atoms with E-state index in [9.17, 15) is 27.9 Å². The van der Waals surface area contributed by atoms with Crippen LogP contribution in [0.15, 0.2) is 35.6 Å². The molecule has 0 aromatic carbocycles. The van der Waals surface area contributed by atoms with Crippen molar-refractivity contribution in [3.8, 4) is 11.1 Å². The first kappa shape index (κ1) is 21.4. The number of hydrogen-bond donors (Lipinski definition) is 1. The summed E-state index contributed by atoms with van der Waals surface area (Å²) in [6.45, 7) is -0.670. The summed E-state index contributed by atoms with van der Waals surface area (Å²) in [7, 11) is 1.17. The number of halogens is 3. The number of aliphatic hydroxyl groups excluding tert-OH is 1. The SMILES string of the molecule is COC(=O)[C@H]1[C@H](CO)[C@H]2Cn3c(ccc(-c4cncnc4)c3=O)[C@H]2N1CCC(F)(F)F. The maximum absolute atomic E-state index is 13.1. The third kappa shape index (κ3) is 3.72. The second kappa shape index (κ2) is 8.04. The van der Waals surface area contributed by atoms with Crippen molar-refractivity contribution in [3.05, 3.63) is 46.9 Å². The molecule has 4 heterocycles. The summed E-state index contributed by atoms with van der Waals surface area (Å²) >= 11 is 0. The number of aliphatic hydroxyl groups is 1. The van der Waals surface area contributed by atoms with Gasteiger partial charge < -0.3 is 14.4 Å². The largest absolute Gasteiger partial charge is 0.468 e. The molecule has 0 radical (unpaired) electrons. The van der Waals surface area contributed by atoms with Crippen molar-refractivity contribution in [3.63, 3.8) is 0 Å². The van der Waals surface area contributed by atoms with Gasteiger partial charge in [0.1, 0.15) is 12.4 Å². The average molecular weight is 438 g/mol. The maximum atomic E-state index is 13.1. The zero-order valence-electron chi connectivity index (χ0n) is 16.6. The second-order valence-corrected chi connectivity index (χ2v) is 7.74. The number of ether oxygens (including phenoxy) is 1. The van der Waals surface area contributed by atoms with Gasteiger partial charge in [-0.05, 0) is 12.1 Å². The minimum absolute atomic E-state index is 0.182. The summed E-state index contributed by atoms with van der Waals surface area (Å²) in [6.07, 6.45) is -1.18. The van der Waals surface area contributed by atoms with Gasteiger partial charge in [-0.25, -0.2) is 9.97 Å². The van der Waals surface area contributed by atoms with E-state index in [0.717, 1.165) is 0 Å². The van der Waals surface area contributed by atoms with Gasteiger partial charge in [-0.1, -0.05) is 0 Å². The van der Waals surface area contributed by atoms with Crippen molar-refractivity contribution in [1.82, 2.24) is 19.4 Å². The van der Waals surface area contributed by atoms with Crippen LogP contribution in [0, 0.1) is 11.8 Å². The Morgan fingerprint density at radius 1 is 1.29 bits per heavy atom. The molecule has 8 nitrogen and oxygen atoms in total. The molecule has 2 aromatic rings. The Hall–Kier alpha value is -2.79. The first-order chi connectivity index (χ1) is 14.8. The molecule has 0 aliphatic carbocycles. The smallest absolute Gasteiger partial charge is 0.390 e. The Morgan fingerprint density at radius 2 is 2.00 bits per heavy atom. The van der Waals surface area contributed by atoms with Crippen LogP contribution in [0.25, 0.3) is 11.1 Å². The highest BCUT2D eigenvalue weighted by Gasteiger charge is 2.56. The van der Waals surface area contributed by atoms with E-state index < -0.39 is 55.6 Å². The lowest BCUT2D eigenvalue weighted by molar-refractivity contribution is -0.154. The molecule has 0 unspecified atom stereocenters. The van der Waals surface area contributed by atoms with Gasteiger partial charge in [0.15, 0.2) is 0 Å². The van der Waals surface area contributed by atoms with E-state index in [1.54, 1.807) is 12.1 Å². The van der Waals surface area contributed by atoms with Crippen LogP contribution in [0.5, 0.6) is 0 Å². The number of carbonyl (C=O) groups excluding carboxylic acids is 1. The molecule has 11 heteroatoms. The second-order valence-electron chi connectivity index (χ2n) is 7.74. The van der Waals surface area contributed by atoms with Crippen molar-refractivity contribution in [1.29, 1.82) is 0 Å². The van der Waals surface area contributed by atoms with E-state index in [2.05, 4.69) is 9.97 Å². The molecule has 0 spiro atoms. The molecule has 1 fully saturated rings. The van der Waals surface area contributed by atoms with Crippen LogP contribution >= 0.6 is 0 Å². The minimum atomic E-state index is -4.41. The zero-order chi connectivity index (χ0) is 22.3. The number of carbonyl (C=O) groups is 1. The summed E-state index contributed by atoms with van der Waals surface area (Å²) in [4.78, 5) is 34.8. The van der Waals surface area contributed by atoms with Crippen LogP contribution in [0.2, 0.25) is 0 Å². The number of alkyl halides is 3. The fourth-order valence-corrected chi connectivity index (χ4v) is 4.87. The lowest BCUT2D eigenvalue weighted by atomic mass is 9.88. The average Bonchev–Trinajstić information content (AvgIpc) is 3.27. The molecule has 1 saturated heterocycles. The molecule has 2 aromatic heterocycles. The van der Waals surface area contributed by atoms with Crippen molar-refractivity contribution < 1.29 is 27.8 Å². The molecule has 2 aliphatic rings. The molecule has 2 aliphatic heterocycles. The zero-order valence-corrected chi connectivity index (χ0v) is 16.6. The van der Waals surface area contributed by atoms with Crippen molar-refractivity contribution in [2.75, 3.05) is 20.3 Å². The highest BCUT2D eigenvalue weighted by atomic mass is 19.4. The van der Waals surface area contributed by atoms with Gasteiger partial charge in [-0.15, -0.1) is 0 Å². The third-order valence-electron chi connectivity index (χ3n) is 6.16. The van der Waals surface area contributed by atoms with Gasteiger partial charge in [0, 0.05) is 55.2 Å². The van der Waals surface area contributed by atoms with Crippen LogP contribution in [-0.4, -0.2) is 63.0 Å². The number of fused-ring (bicyclic) bond motifs is 3. The first-order valence-electron chi connectivity index (χ1n) is 9.77. The quantitative estimate of drug-likeness (QED) is 0.705. The first-order valence-corrected chi connectivity index (χ1v) is 9.77. The molecule has 0 amide bonds. The van der Waals surface area contributed by atoms with E-state index in [1.165, 1.54) is 35.3 Å². The Morgan fingerprint density at radius 3 is 2.61 bits per heavy atom. The molecule has 31 heavy (non-hydrogen) atoms. The molecular weight excluding hydrogens is 417 g/mol. The Kier molecular flexibility index (Phi) is 5.56. The van der Waals surface area contributed by atoms with Crippen LogP contribution in [0.4, 0.5) is 13.2 Å². The molecule has 0 bridgehead atoms. The topological polar surface area (TPSA) is 97.5 Å². The summed E-state index contributed by atoms with van der Waals surface area (Å²) < 4.78 is 45.3. The number of methoxy groups -OCH3 is 1. The van der Waals surface area contributed by atoms with Crippen molar-refractivity contribution in [2.45, 2.75) is 31.2 Å². The highest BCUT2D eigenvalue weighted by molar-refractivity contribution is 5.77. The molecule has 4 atom stereocenters. The van der Waals surface area contributed by atoms with Gasteiger partial charge in [-0.2, -0.15) is 13.2 Å². The number of pyridine rings is 1.